The number of carbonyl (C=O) groups is 1. The highest BCUT2D eigenvalue weighted by Gasteiger charge is 2.13. The van der Waals surface area contributed by atoms with Gasteiger partial charge in [0.1, 0.15) is 5.82 Å². The molecule has 0 aliphatic heterocycles. The van der Waals surface area contributed by atoms with E-state index in [1.807, 2.05) is 13.0 Å². The molecule has 1 N–H and O–H groups in total. The van der Waals surface area contributed by atoms with Crippen molar-refractivity contribution in [3.63, 3.8) is 0 Å². The number of nitrogens with one attached hydrogen (secondary N) is 1. The van der Waals surface area contributed by atoms with Gasteiger partial charge in [-0.25, -0.2) is 4.98 Å². The van der Waals surface area contributed by atoms with E-state index in [9.17, 15) is 4.79 Å². The van der Waals surface area contributed by atoms with Gasteiger partial charge in [-0.1, -0.05) is 6.07 Å². The lowest BCUT2D eigenvalue weighted by Gasteiger charge is -2.01. The summed E-state index contributed by atoms with van der Waals surface area (Å²) in [6.45, 7) is 1.84. The quantitative estimate of drug-likeness (QED) is 0.871. The van der Waals surface area contributed by atoms with E-state index < -0.39 is 5.91 Å². The number of ether oxygens (including phenoxy) is 1. The van der Waals surface area contributed by atoms with Crippen LogP contribution in [-0.2, 0) is 0 Å². The fourth-order valence-electron chi connectivity index (χ4n) is 1.25. The Labute approximate surface area is 97.6 Å². The first-order valence-corrected chi connectivity index (χ1v) is 4.95. The number of carbonyl (C=O) groups excluding carboxylic acids is 1. The molecule has 88 valence electrons. The van der Waals surface area contributed by atoms with Gasteiger partial charge in [-0.15, -0.1) is 0 Å². The molecule has 0 aliphatic carbocycles. The zero-order valence-corrected chi connectivity index (χ0v) is 9.43. The van der Waals surface area contributed by atoms with Gasteiger partial charge in [0.05, 0.1) is 13.2 Å². The van der Waals surface area contributed by atoms with Gasteiger partial charge in [0.2, 0.25) is 5.76 Å². The number of hydrogen-bond acceptors (Lipinski definition) is 5. The van der Waals surface area contributed by atoms with E-state index in [-0.39, 0.29) is 11.6 Å². The van der Waals surface area contributed by atoms with Crippen LogP contribution in [0.4, 0.5) is 5.82 Å². The third kappa shape index (κ3) is 2.60. The van der Waals surface area contributed by atoms with Crippen LogP contribution in [0.2, 0.25) is 0 Å². The maximum atomic E-state index is 11.7. The van der Waals surface area contributed by atoms with Gasteiger partial charge in [-0.05, 0) is 24.2 Å². The van der Waals surface area contributed by atoms with Crippen molar-refractivity contribution in [3.05, 3.63) is 35.7 Å². The molecule has 0 bridgehead atoms. The van der Waals surface area contributed by atoms with E-state index >= 15 is 0 Å². The standard InChI is InChI=1S/C11H11N3O3/c1-7-4-3-5-9(12-7)13-11(15)8-6-10(16-2)14-17-8/h3-6H,1-2H3,(H,12,13,15). The van der Waals surface area contributed by atoms with Crippen molar-refractivity contribution in [3.8, 4) is 5.88 Å². The Morgan fingerprint density at radius 1 is 1.47 bits per heavy atom. The molecule has 1 amide bonds. The van der Waals surface area contributed by atoms with Crippen molar-refractivity contribution in [2.45, 2.75) is 6.92 Å². The summed E-state index contributed by atoms with van der Waals surface area (Å²) >= 11 is 0. The second-order valence-electron chi connectivity index (χ2n) is 3.35. The Balaban J connectivity index is 2.11. The Morgan fingerprint density at radius 2 is 2.29 bits per heavy atom. The van der Waals surface area contributed by atoms with Crippen LogP contribution in [0.15, 0.2) is 28.8 Å². The molecule has 0 aromatic carbocycles. The van der Waals surface area contributed by atoms with E-state index in [1.165, 1.54) is 13.2 Å². The molecule has 0 radical (unpaired) electrons. The first-order chi connectivity index (χ1) is 8.19. The maximum Gasteiger partial charge on any atom is 0.295 e. The minimum absolute atomic E-state index is 0.0742. The van der Waals surface area contributed by atoms with Crippen LogP contribution in [-0.4, -0.2) is 23.2 Å². The molecule has 0 fully saturated rings. The van der Waals surface area contributed by atoms with Crippen molar-refractivity contribution >= 4 is 11.7 Å². The number of amides is 1. The number of nitrogens with zero attached hydrogens (tertiary/aromatic N) is 2. The van der Waals surface area contributed by atoms with Crippen LogP contribution in [0.1, 0.15) is 16.2 Å². The van der Waals surface area contributed by atoms with Crippen LogP contribution in [0.3, 0.4) is 0 Å². The molecule has 2 aromatic heterocycles. The van der Waals surface area contributed by atoms with Gasteiger partial charge in [-0.2, -0.15) is 0 Å². The Hall–Kier alpha value is -2.37. The number of rotatable bonds is 3. The summed E-state index contributed by atoms with van der Waals surface area (Å²) in [6, 6.07) is 6.75. The lowest BCUT2D eigenvalue weighted by atomic mass is 10.3. The Bertz CT molecular complexity index is 536. The van der Waals surface area contributed by atoms with Gasteiger partial charge in [0, 0.05) is 5.69 Å². The smallest absolute Gasteiger partial charge is 0.295 e. The molecule has 0 saturated heterocycles. The molecule has 0 atom stereocenters. The highest BCUT2D eigenvalue weighted by atomic mass is 16.5. The average molecular weight is 233 g/mol. The summed E-state index contributed by atoms with van der Waals surface area (Å²) in [4.78, 5) is 15.9. The first kappa shape index (κ1) is 11.1. The first-order valence-electron chi connectivity index (χ1n) is 4.95. The Morgan fingerprint density at radius 3 is 2.94 bits per heavy atom. The summed E-state index contributed by atoms with van der Waals surface area (Å²) in [5.41, 5.74) is 0.818. The molecular weight excluding hydrogens is 222 g/mol. The summed E-state index contributed by atoms with van der Waals surface area (Å²) in [5, 5.41) is 6.13. The molecule has 2 heterocycles. The number of pyridine rings is 1. The largest absolute Gasteiger partial charge is 0.479 e. The van der Waals surface area contributed by atoms with Gasteiger partial charge in [0.15, 0.2) is 0 Å². The Kier molecular flexibility index (Phi) is 3.04. The van der Waals surface area contributed by atoms with Gasteiger partial charge >= 0.3 is 0 Å². The fraction of sp³-hybridized carbons (Fsp3) is 0.182. The molecule has 6 nitrogen and oxygen atoms in total. The van der Waals surface area contributed by atoms with Crippen LogP contribution >= 0.6 is 0 Å². The number of methoxy groups -OCH3 is 1. The highest BCUT2D eigenvalue weighted by Crippen LogP contribution is 2.12. The molecule has 2 aromatic rings. The fourth-order valence-corrected chi connectivity index (χ4v) is 1.25. The summed E-state index contributed by atoms with van der Waals surface area (Å²) in [7, 11) is 1.45. The third-order valence-electron chi connectivity index (χ3n) is 2.05. The van der Waals surface area contributed by atoms with Crippen molar-refractivity contribution in [2.75, 3.05) is 12.4 Å². The zero-order chi connectivity index (χ0) is 12.3. The molecule has 2 rings (SSSR count). The van der Waals surface area contributed by atoms with Crippen molar-refractivity contribution < 1.29 is 14.1 Å². The van der Waals surface area contributed by atoms with E-state index in [2.05, 4.69) is 15.5 Å². The van der Waals surface area contributed by atoms with Crippen LogP contribution in [0.25, 0.3) is 0 Å². The molecule has 6 heteroatoms. The number of aryl methyl sites for hydroxylation is 1. The van der Waals surface area contributed by atoms with Crippen LogP contribution in [0, 0.1) is 6.92 Å². The van der Waals surface area contributed by atoms with Crippen molar-refractivity contribution in [1.29, 1.82) is 0 Å². The summed E-state index contributed by atoms with van der Waals surface area (Å²) < 4.78 is 9.62. The second-order valence-corrected chi connectivity index (χ2v) is 3.35. The second kappa shape index (κ2) is 4.65. The number of anilines is 1. The molecule has 0 saturated carbocycles. The van der Waals surface area contributed by atoms with Crippen LogP contribution < -0.4 is 10.1 Å². The topological polar surface area (TPSA) is 77.2 Å². The monoisotopic (exact) mass is 233 g/mol. The predicted molar refractivity (Wildman–Crippen MR) is 60.0 cm³/mol. The lowest BCUT2D eigenvalue weighted by Crippen LogP contribution is -2.12. The average Bonchev–Trinajstić information content (AvgIpc) is 2.77. The number of hydrogen-bond donors (Lipinski definition) is 1. The molecule has 0 unspecified atom stereocenters. The summed E-state index contributed by atoms with van der Waals surface area (Å²) in [6.07, 6.45) is 0. The van der Waals surface area contributed by atoms with E-state index in [0.717, 1.165) is 5.69 Å². The van der Waals surface area contributed by atoms with Gasteiger partial charge < -0.3 is 14.6 Å². The molecule has 0 aliphatic rings. The zero-order valence-electron chi connectivity index (χ0n) is 9.43. The normalized spacial score (nSPS) is 10.0. The van der Waals surface area contributed by atoms with E-state index in [4.69, 9.17) is 9.26 Å². The highest BCUT2D eigenvalue weighted by molar-refractivity contribution is 6.01. The minimum Gasteiger partial charge on any atom is -0.479 e. The maximum absolute atomic E-state index is 11.7. The van der Waals surface area contributed by atoms with Crippen molar-refractivity contribution in [2.24, 2.45) is 0 Å². The third-order valence-corrected chi connectivity index (χ3v) is 2.05. The van der Waals surface area contributed by atoms with Gasteiger partial charge in [-0.3, -0.25) is 4.79 Å². The lowest BCUT2D eigenvalue weighted by molar-refractivity contribution is 0.0987. The van der Waals surface area contributed by atoms with Crippen molar-refractivity contribution in [1.82, 2.24) is 10.1 Å². The molecule has 0 spiro atoms. The van der Waals surface area contributed by atoms with E-state index in [0.29, 0.717) is 5.82 Å². The van der Waals surface area contributed by atoms with Gasteiger partial charge in [0.25, 0.3) is 11.8 Å². The molecular formula is C11H11N3O3. The number of aromatic nitrogens is 2. The SMILES string of the molecule is COc1cc(C(=O)Nc2cccc(C)n2)on1. The van der Waals surface area contributed by atoms with E-state index in [1.54, 1.807) is 12.1 Å². The summed E-state index contributed by atoms with van der Waals surface area (Å²) in [5.74, 6) is 0.377. The molecule has 17 heavy (non-hydrogen) atoms. The van der Waals surface area contributed by atoms with Crippen LogP contribution in [0.5, 0.6) is 5.88 Å². The predicted octanol–water partition coefficient (Wildman–Crippen LogP) is 1.64. The minimum atomic E-state index is -0.418.